The van der Waals surface area contributed by atoms with Gasteiger partial charge in [0.25, 0.3) is 0 Å². The summed E-state index contributed by atoms with van der Waals surface area (Å²) in [6.45, 7) is 9.88. The van der Waals surface area contributed by atoms with Gasteiger partial charge in [0, 0.05) is 12.2 Å². The fourth-order valence-corrected chi connectivity index (χ4v) is 2.32. The summed E-state index contributed by atoms with van der Waals surface area (Å²) in [5.74, 6) is 0.970. The SMILES string of the molecule is Cc1ccc(NCCOc2ccc(C)cc2C)c(C)c1. The van der Waals surface area contributed by atoms with Gasteiger partial charge in [0.1, 0.15) is 12.4 Å². The molecule has 0 radical (unpaired) electrons. The smallest absolute Gasteiger partial charge is 0.122 e. The topological polar surface area (TPSA) is 21.3 Å². The maximum Gasteiger partial charge on any atom is 0.122 e. The summed E-state index contributed by atoms with van der Waals surface area (Å²) in [5, 5.41) is 3.42. The van der Waals surface area contributed by atoms with Crippen molar-refractivity contribution in [1.29, 1.82) is 0 Å². The Hall–Kier alpha value is -1.96. The molecule has 20 heavy (non-hydrogen) atoms. The molecule has 0 fully saturated rings. The van der Waals surface area contributed by atoms with Crippen LogP contribution in [0.2, 0.25) is 0 Å². The van der Waals surface area contributed by atoms with Crippen molar-refractivity contribution in [3.05, 3.63) is 58.7 Å². The summed E-state index contributed by atoms with van der Waals surface area (Å²) < 4.78 is 5.81. The van der Waals surface area contributed by atoms with Crippen LogP contribution in [-0.2, 0) is 0 Å². The van der Waals surface area contributed by atoms with Crippen LogP contribution in [0, 0.1) is 27.7 Å². The van der Waals surface area contributed by atoms with Gasteiger partial charge in [-0.25, -0.2) is 0 Å². The van der Waals surface area contributed by atoms with E-state index in [-0.39, 0.29) is 0 Å². The molecule has 0 atom stereocenters. The predicted octanol–water partition coefficient (Wildman–Crippen LogP) is 4.41. The van der Waals surface area contributed by atoms with E-state index < -0.39 is 0 Å². The zero-order chi connectivity index (χ0) is 14.5. The fourth-order valence-electron chi connectivity index (χ4n) is 2.32. The molecule has 2 heteroatoms. The third-order valence-corrected chi connectivity index (χ3v) is 3.39. The molecule has 0 saturated carbocycles. The summed E-state index contributed by atoms with van der Waals surface area (Å²) in [6, 6.07) is 12.7. The summed E-state index contributed by atoms with van der Waals surface area (Å²) in [7, 11) is 0. The summed E-state index contributed by atoms with van der Waals surface area (Å²) >= 11 is 0. The van der Waals surface area contributed by atoms with Gasteiger partial charge in [-0.3, -0.25) is 0 Å². The van der Waals surface area contributed by atoms with Gasteiger partial charge < -0.3 is 10.1 Å². The zero-order valence-electron chi connectivity index (χ0n) is 12.8. The van der Waals surface area contributed by atoms with Gasteiger partial charge >= 0.3 is 0 Å². The van der Waals surface area contributed by atoms with E-state index in [1.54, 1.807) is 0 Å². The quantitative estimate of drug-likeness (QED) is 0.812. The molecule has 2 aromatic carbocycles. The van der Waals surface area contributed by atoms with Gasteiger partial charge in [-0.2, -0.15) is 0 Å². The van der Waals surface area contributed by atoms with Crippen molar-refractivity contribution in [2.75, 3.05) is 18.5 Å². The lowest BCUT2D eigenvalue weighted by Gasteiger charge is -2.12. The van der Waals surface area contributed by atoms with E-state index in [1.165, 1.54) is 27.9 Å². The van der Waals surface area contributed by atoms with E-state index in [0.29, 0.717) is 6.61 Å². The molecular weight excluding hydrogens is 246 g/mol. The Morgan fingerprint density at radius 3 is 2.15 bits per heavy atom. The van der Waals surface area contributed by atoms with Crippen LogP contribution in [0.15, 0.2) is 36.4 Å². The zero-order valence-corrected chi connectivity index (χ0v) is 12.8. The number of hydrogen-bond acceptors (Lipinski definition) is 2. The Morgan fingerprint density at radius 1 is 0.850 bits per heavy atom. The first-order valence-electron chi connectivity index (χ1n) is 7.07. The predicted molar refractivity (Wildman–Crippen MR) is 85.8 cm³/mol. The molecule has 0 spiro atoms. The summed E-state index contributed by atoms with van der Waals surface area (Å²) in [5.41, 5.74) is 6.20. The Morgan fingerprint density at radius 2 is 1.50 bits per heavy atom. The fraction of sp³-hybridized carbons (Fsp3) is 0.333. The maximum absolute atomic E-state index is 5.81. The molecule has 0 aromatic heterocycles. The maximum atomic E-state index is 5.81. The average molecular weight is 269 g/mol. The van der Waals surface area contributed by atoms with Crippen LogP contribution in [0.1, 0.15) is 22.3 Å². The highest BCUT2D eigenvalue weighted by atomic mass is 16.5. The Balaban J connectivity index is 1.84. The average Bonchev–Trinajstić information content (AvgIpc) is 2.39. The summed E-state index contributed by atoms with van der Waals surface area (Å²) in [4.78, 5) is 0. The Bertz CT molecular complexity index is 536. The van der Waals surface area contributed by atoms with Crippen molar-refractivity contribution in [1.82, 2.24) is 0 Å². The van der Waals surface area contributed by atoms with E-state index in [2.05, 4.69) is 63.3 Å². The van der Waals surface area contributed by atoms with Gasteiger partial charge in [0.2, 0.25) is 0 Å². The number of hydrogen-bond donors (Lipinski definition) is 1. The van der Waals surface area contributed by atoms with E-state index >= 15 is 0 Å². The van der Waals surface area contributed by atoms with Gasteiger partial charge in [0.15, 0.2) is 0 Å². The first kappa shape index (κ1) is 14.4. The van der Waals surface area contributed by atoms with Gasteiger partial charge in [0.05, 0.1) is 0 Å². The van der Waals surface area contributed by atoms with Crippen LogP contribution < -0.4 is 10.1 Å². The molecule has 2 nitrogen and oxygen atoms in total. The minimum atomic E-state index is 0.664. The molecule has 0 bridgehead atoms. The van der Waals surface area contributed by atoms with Crippen LogP contribution in [0.5, 0.6) is 5.75 Å². The van der Waals surface area contributed by atoms with E-state index in [4.69, 9.17) is 4.74 Å². The number of anilines is 1. The minimum Gasteiger partial charge on any atom is -0.491 e. The molecule has 106 valence electrons. The molecule has 1 N–H and O–H groups in total. The number of nitrogens with one attached hydrogen (secondary N) is 1. The molecule has 0 unspecified atom stereocenters. The highest BCUT2D eigenvalue weighted by molar-refractivity contribution is 5.51. The number of benzene rings is 2. The van der Waals surface area contributed by atoms with Crippen LogP contribution in [-0.4, -0.2) is 13.2 Å². The second-order valence-electron chi connectivity index (χ2n) is 5.36. The third kappa shape index (κ3) is 3.77. The highest BCUT2D eigenvalue weighted by Crippen LogP contribution is 2.19. The van der Waals surface area contributed by atoms with Crippen molar-refractivity contribution in [3.63, 3.8) is 0 Å². The van der Waals surface area contributed by atoms with Crippen LogP contribution >= 0.6 is 0 Å². The van der Waals surface area contributed by atoms with E-state index in [1.807, 2.05) is 6.07 Å². The molecule has 0 aliphatic carbocycles. The van der Waals surface area contributed by atoms with Crippen LogP contribution in [0.3, 0.4) is 0 Å². The number of aryl methyl sites for hydroxylation is 4. The lowest BCUT2D eigenvalue weighted by Crippen LogP contribution is -2.12. The highest BCUT2D eigenvalue weighted by Gasteiger charge is 2.00. The molecule has 0 aliphatic heterocycles. The van der Waals surface area contributed by atoms with Crippen molar-refractivity contribution in [3.8, 4) is 5.75 Å². The molecular formula is C18H23NO. The normalized spacial score (nSPS) is 10.4. The first-order chi connectivity index (χ1) is 9.56. The van der Waals surface area contributed by atoms with Crippen molar-refractivity contribution in [2.24, 2.45) is 0 Å². The third-order valence-electron chi connectivity index (χ3n) is 3.39. The van der Waals surface area contributed by atoms with Gasteiger partial charge in [-0.15, -0.1) is 0 Å². The molecule has 0 saturated heterocycles. The second-order valence-corrected chi connectivity index (χ2v) is 5.36. The van der Waals surface area contributed by atoms with Gasteiger partial charge in [-0.1, -0.05) is 35.4 Å². The van der Waals surface area contributed by atoms with Crippen LogP contribution in [0.25, 0.3) is 0 Å². The van der Waals surface area contributed by atoms with Crippen LogP contribution in [0.4, 0.5) is 5.69 Å². The van der Waals surface area contributed by atoms with Crippen molar-refractivity contribution in [2.45, 2.75) is 27.7 Å². The Kier molecular flexibility index (Phi) is 4.67. The molecule has 0 amide bonds. The molecule has 2 aromatic rings. The number of ether oxygens (including phenoxy) is 1. The molecule has 0 heterocycles. The largest absolute Gasteiger partial charge is 0.491 e. The summed E-state index contributed by atoms with van der Waals surface area (Å²) in [6.07, 6.45) is 0. The van der Waals surface area contributed by atoms with Crippen molar-refractivity contribution < 1.29 is 4.74 Å². The Labute approximate surface area is 121 Å². The monoisotopic (exact) mass is 269 g/mol. The number of rotatable bonds is 5. The van der Waals surface area contributed by atoms with E-state index in [0.717, 1.165) is 12.3 Å². The van der Waals surface area contributed by atoms with Crippen molar-refractivity contribution >= 4 is 5.69 Å². The lowest BCUT2D eigenvalue weighted by atomic mass is 10.1. The first-order valence-corrected chi connectivity index (χ1v) is 7.07. The molecule has 0 aliphatic rings. The standard InChI is InChI=1S/C18H23NO/c1-13-5-7-17(15(3)11-13)19-9-10-20-18-8-6-14(2)12-16(18)4/h5-8,11-12,19H,9-10H2,1-4H3. The molecule has 2 rings (SSSR count). The van der Waals surface area contributed by atoms with Gasteiger partial charge in [-0.05, 0) is 51.0 Å². The minimum absolute atomic E-state index is 0.664. The lowest BCUT2D eigenvalue weighted by molar-refractivity contribution is 0.330. The second kappa shape index (κ2) is 6.47. The van der Waals surface area contributed by atoms with E-state index in [9.17, 15) is 0 Å².